The number of hydrogen-bond acceptors (Lipinski definition) is 2. The Labute approximate surface area is 116 Å². The zero-order valence-electron chi connectivity index (χ0n) is 10.1. The van der Waals surface area contributed by atoms with Gasteiger partial charge in [0.2, 0.25) is 5.91 Å². The van der Waals surface area contributed by atoms with Crippen LogP contribution in [0.3, 0.4) is 0 Å². The average molecular weight is 274 g/mol. The standard InChI is InChI=1S/C15H12ClNO2/c16-12-8-4-5-9-13(12)17-15(19)10-14(18)11-6-2-1-3-7-11/h1-9H,10H2,(H,17,19). The van der Waals surface area contributed by atoms with Gasteiger partial charge < -0.3 is 5.32 Å². The van der Waals surface area contributed by atoms with Crippen LogP contribution in [0.25, 0.3) is 0 Å². The van der Waals surface area contributed by atoms with Crippen molar-refractivity contribution in [3.05, 3.63) is 65.2 Å². The fraction of sp³-hybridized carbons (Fsp3) is 0.0667. The molecule has 1 N–H and O–H groups in total. The Morgan fingerprint density at radius 2 is 1.58 bits per heavy atom. The van der Waals surface area contributed by atoms with Crippen LogP contribution in [0, 0.1) is 0 Å². The molecule has 0 atom stereocenters. The molecule has 2 rings (SSSR count). The first-order valence-corrected chi connectivity index (χ1v) is 6.17. The highest BCUT2D eigenvalue weighted by Crippen LogP contribution is 2.20. The van der Waals surface area contributed by atoms with Crippen molar-refractivity contribution >= 4 is 29.0 Å². The zero-order valence-corrected chi connectivity index (χ0v) is 10.9. The molecule has 0 aliphatic rings. The van der Waals surface area contributed by atoms with Gasteiger partial charge in [-0.15, -0.1) is 0 Å². The molecule has 0 heterocycles. The fourth-order valence-electron chi connectivity index (χ4n) is 1.63. The minimum Gasteiger partial charge on any atom is -0.324 e. The number of rotatable bonds is 4. The minimum atomic E-state index is -0.373. The van der Waals surface area contributed by atoms with Gasteiger partial charge in [0.05, 0.1) is 17.1 Å². The third-order valence-corrected chi connectivity index (χ3v) is 2.89. The summed E-state index contributed by atoms with van der Waals surface area (Å²) in [6.45, 7) is 0. The van der Waals surface area contributed by atoms with E-state index in [1.165, 1.54) is 0 Å². The summed E-state index contributed by atoms with van der Waals surface area (Å²) >= 11 is 5.92. The first-order chi connectivity index (χ1) is 9.16. The maximum absolute atomic E-state index is 11.8. The van der Waals surface area contributed by atoms with Crippen molar-refractivity contribution in [1.29, 1.82) is 0 Å². The van der Waals surface area contributed by atoms with E-state index < -0.39 is 0 Å². The number of benzene rings is 2. The third-order valence-electron chi connectivity index (χ3n) is 2.56. The smallest absolute Gasteiger partial charge is 0.232 e. The molecule has 1 amide bonds. The number of nitrogens with one attached hydrogen (secondary N) is 1. The highest BCUT2D eigenvalue weighted by molar-refractivity contribution is 6.33. The Morgan fingerprint density at radius 1 is 0.947 bits per heavy atom. The summed E-state index contributed by atoms with van der Waals surface area (Å²) in [4.78, 5) is 23.6. The monoisotopic (exact) mass is 273 g/mol. The molecule has 0 spiro atoms. The lowest BCUT2D eigenvalue weighted by Gasteiger charge is -2.06. The number of halogens is 1. The van der Waals surface area contributed by atoms with Crippen molar-refractivity contribution in [3.8, 4) is 0 Å². The summed E-state index contributed by atoms with van der Waals surface area (Å²) in [6.07, 6.45) is -0.199. The van der Waals surface area contributed by atoms with E-state index >= 15 is 0 Å². The fourth-order valence-corrected chi connectivity index (χ4v) is 1.81. The second-order valence-electron chi connectivity index (χ2n) is 3.99. The molecule has 2 aromatic rings. The Morgan fingerprint density at radius 3 is 2.26 bits per heavy atom. The van der Waals surface area contributed by atoms with Crippen molar-refractivity contribution in [2.75, 3.05) is 5.32 Å². The maximum atomic E-state index is 11.8. The van der Waals surface area contributed by atoms with Gasteiger partial charge in [-0.25, -0.2) is 0 Å². The van der Waals surface area contributed by atoms with Crippen molar-refractivity contribution in [2.24, 2.45) is 0 Å². The number of Topliss-reactive ketones (excluding diaryl/α,β-unsaturated/α-hetero) is 1. The van der Waals surface area contributed by atoms with E-state index in [2.05, 4.69) is 5.32 Å². The number of carbonyl (C=O) groups is 2. The number of ketones is 1. The summed E-state index contributed by atoms with van der Waals surface area (Å²) in [7, 11) is 0. The zero-order chi connectivity index (χ0) is 13.7. The molecule has 0 aromatic heterocycles. The summed E-state index contributed by atoms with van der Waals surface area (Å²) in [5.74, 6) is -0.591. The molecule has 0 aliphatic carbocycles. The Kier molecular flexibility index (Phi) is 4.31. The van der Waals surface area contributed by atoms with Crippen LogP contribution in [-0.4, -0.2) is 11.7 Å². The molecule has 0 fully saturated rings. The van der Waals surface area contributed by atoms with Gasteiger partial charge >= 0.3 is 0 Å². The Hall–Kier alpha value is -2.13. The molecule has 19 heavy (non-hydrogen) atoms. The van der Waals surface area contributed by atoms with Crippen LogP contribution in [0.4, 0.5) is 5.69 Å². The second-order valence-corrected chi connectivity index (χ2v) is 4.40. The summed E-state index contributed by atoms with van der Waals surface area (Å²) < 4.78 is 0. The molecule has 0 unspecified atom stereocenters. The number of amides is 1. The van der Waals surface area contributed by atoms with E-state index in [1.807, 2.05) is 6.07 Å². The lowest BCUT2D eigenvalue weighted by molar-refractivity contribution is -0.115. The lowest BCUT2D eigenvalue weighted by atomic mass is 10.1. The SMILES string of the molecule is O=C(CC(=O)c1ccccc1)Nc1ccccc1Cl. The molecular weight excluding hydrogens is 262 g/mol. The van der Waals surface area contributed by atoms with Crippen LogP contribution in [0.5, 0.6) is 0 Å². The summed E-state index contributed by atoms with van der Waals surface area (Å²) in [5.41, 5.74) is 1.03. The Balaban J connectivity index is 1.99. The topological polar surface area (TPSA) is 46.2 Å². The van der Waals surface area contributed by atoms with E-state index in [9.17, 15) is 9.59 Å². The number of anilines is 1. The molecular formula is C15H12ClNO2. The van der Waals surface area contributed by atoms with Crippen LogP contribution in [-0.2, 0) is 4.79 Å². The molecule has 0 saturated heterocycles. The van der Waals surface area contributed by atoms with Gasteiger partial charge in [0.1, 0.15) is 0 Å². The van der Waals surface area contributed by atoms with E-state index in [0.717, 1.165) is 0 Å². The van der Waals surface area contributed by atoms with Crippen molar-refractivity contribution in [1.82, 2.24) is 0 Å². The summed E-state index contributed by atoms with van der Waals surface area (Å²) in [5, 5.41) is 3.07. The predicted molar refractivity (Wildman–Crippen MR) is 75.5 cm³/mol. The van der Waals surface area contributed by atoms with Crippen LogP contribution >= 0.6 is 11.6 Å². The quantitative estimate of drug-likeness (QED) is 0.684. The van der Waals surface area contributed by atoms with E-state index in [0.29, 0.717) is 16.3 Å². The van der Waals surface area contributed by atoms with Gasteiger partial charge in [-0.1, -0.05) is 54.1 Å². The van der Waals surface area contributed by atoms with Crippen molar-refractivity contribution in [2.45, 2.75) is 6.42 Å². The minimum absolute atomic E-state index is 0.199. The molecule has 2 aromatic carbocycles. The van der Waals surface area contributed by atoms with Gasteiger partial charge in [0, 0.05) is 5.56 Å². The van der Waals surface area contributed by atoms with Crippen LogP contribution in [0.1, 0.15) is 16.8 Å². The Bertz CT molecular complexity index is 596. The third kappa shape index (κ3) is 3.66. The molecule has 0 bridgehead atoms. The van der Waals surface area contributed by atoms with Gasteiger partial charge in [0.15, 0.2) is 5.78 Å². The van der Waals surface area contributed by atoms with E-state index in [4.69, 9.17) is 11.6 Å². The molecule has 0 radical (unpaired) electrons. The number of carbonyl (C=O) groups excluding carboxylic acids is 2. The molecule has 0 saturated carbocycles. The van der Waals surface area contributed by atoms with Crippen molar-refractivity contribution in [3.63, 3.8) is 0 Å². The lowest BCUT2D eigenvalue weighted by Crippen LogP contribution is -2.16. The number of hydrogen-bond donors (Lipinski definition) is 1. The molecule has 0 aliphatic heterocycles. The van der Waals surface area contributed by atoms with Crippen LogP contribution in [0.2, 0.25) is 5.02 Å². The van der Waals surface area contributed by atoms with Crippen LogP contribution in [0.15, 0.2) is 54.6 Å². The second kappa shape index (κ2) is 6.16. The first kappa shape index (κ1) is 13.3. The molecule has 96 valence electrons. The maximum Gasteiger partial charge on any atom is 0.232 e. The first-order valence-electron chi connectivity index (χ1n) is 5.79. The van der Waals surface area contributed by atoms with Crippen molar-refractivity contribution < 1.29 is 9.59 Å². The van der Waals surface area contributed by atoms with Gasteiger partial charge in [0.25, 0.3) is 0 Å². The average Bonchev–Trinajstić information content (AvgIpc) is 2.42. The largest absolute Gasteiger partial charge is 0.324 e. The van der Waals surface area contributed by atoms with E-state index in [-0.39, 0.29) is 18.1 Å². The van der Waals surface area contributed by atoms with Gasteiger partial charge in [-0.3, -0.25) is 9.59 Å². The predicted octanol–water partition coefficient (Wildman–Crippen LogP) is 3.55. The van der Waals surface area contributed by atoms with Gasteiger partial charge in [-0.05, 0) is 12.1 Å². The highest BCUT2D eigenvalue weighted by Gasteiger charge is 2.12. The van der Waals surface area contributed by atoms with E-state index in [1.54, 1.807) is 48.5 Å². The summed E-state index contributed by atoms with van der Waals surface area (Å²) in [6, 6.07) is 15.6. The number of para-hydroxylation sites is 1. The van der Waals surface area contributed by atoms with Gasteiger partial charge in [-0.2, -0.15) is 0 Å². The van der Waals surface area contributed by atoms with Crippen LogP contribution < -0.4 is 5.32 Å². The molecule has 3 nitrogen and oxygen atoms in total. The normalized spacial score (nSPS) is 9.95. The molecule has 4 heteroatoms. The highest BCUT2D eigenvalue weighted by atomic mass is 35.5.